The third-order valence-electron chi connectivity index (χ3n) is 1.09. The maximum atomic E-state index is 5.65. The predicted octanol–water partition coefficient (Wildman–Crippen LogP) is 2.24. The average molecular weight is 174 g/mol. The summed E-state index contributed by atoms with van der Waals surface area (Å²) >= 11 is 5.65. The first kappa shape index (κ1) is 8.33. The van der Waals surface area contributed by atoms with Crippen LogP contribution < -0.4 is 5.48 Å². The Balaban J connectivity index is 2.52. The maximum Gasteiger partial charge on any atom is 0.0738 e. The van der Waals surface area contributed by atoms with E-state index in [2.05, 4.69) is 15.4 Å². The Morgan fingerprint density at radius 2 is 1.91 bits per heavy atom. The van der Waals surface area contributed by atoms with Crippen molar-refractivity contribution in [1.82, 2.24) is 0 Å². The highest BCUT2D eigenvalue weighted by Gasteiger charge is 1.89. The highest BCUT2D eigenvalue weighted by Crippen LogP contribution is 2.12. The quantitative estimate of drug-likeness (QED) is 0.562. The lowest BCUT2D eigenvalue weighted by Crippen LogP contribution is -1.98. The van der Waals surface area contributed by atoms with Gasteiger partial charge in [-0.1, -0.05) is 11.6 Å². The second-order valence-corrected chi connectivity index (χ2v) is 2.30. The summed E-state index contributed by atoms with van der Waals surface area (Å²) in [6.45, 7) is 0. The number of rotatable bonds is 3. The van der Waals surface area contributed by atoms with Gasteiger partial charge < -0.3 is 0 Å². The van der Waals surface area contributed by atoms with Gasteiger partial charge in [-0.25, -0.2) is 10.4 Å². The van der Waals surface area contributed by atoms with Crippen LogP contribution in [0.4, 0.5) is 5.69 Å². The monoisotopic (exact) mass is 173 g/mol. The normalized spacial score (nSPS) is 9.64. The second-order valence-electron chi connectivity index (χ2n) is 1.86. The number of hydrogen-bond donors (Lipinski definition) is 1. The predicted molar refractivity (Wildman–Crippen MR) is 43.2 cm³/mol. The van der Waals surface area contributed by atoms with E-state index in [1.165, 1.54) is 7.11 Å². The summed E-state index contributed by atoms with van der Waals surface area (Å²) in [5.74, 6) is 0. The van der Waals surface area contributed by atoms with E-state index in [4.69, 9.17) is 11.6 Å². The van der Waals surface area contributed by atoms with Gasteiger partial charge in [0.05, 0.1) is 12.8 Å². The smallest absolute Gasteiger partial charge is 0.0738 e. The molecule has 0 aliphatic carbocycles. The molecule has 3 nitrogen and oxygen atoms in total. The van der Waals surface area contributed by atoms with Gasteiger partial charge in [-0.3, -0.25) is 0 Å². The lowest BCUT2D eigenvalue weighted by Gasteiger charge is -2.01. The molecule has 0 fully saturated rings. The molecule has 0 atom stereocenters. The molecule has 4 heteroatoms. The summed E-state index contributed by atoms with van der Waals surface area (Å²) in [6.07, 6.45) is 0. The van der Waals surface area contributed by atoms with Crippen molar-refractivity contribution in [2.75, 3.05) is 12.6 Å². The van der Waals surface area contributed by atoms with E-state index >= 15 is 0 Å². The molecule has 1 rings (SSSR count). The van der Waals surface area contributed by atoms with Crippen molar-refractivity contribution >= 4 is 17.3 Å². The Bertz CT molecular complexity index is 212. The van der Waals surface area contributed by atoms with Crippen LogP contribution in [0.3, 0.4) is 0 Å². The van der Waals surface area contributed by atoms with Crippen LogP contribution in [-0.2, 0) is 9.88 Å². The van der Waals surface area contributed by atoms with Gasteiger partial charge in [-0.15, -0.1) is 4.99 Å². The molecule has 11 heavy (non-hydrogen) atoms. The third kappa shape index (κ3) is 2.76. The molecule has 0 saturated carbocycles. The molecule has 0 aliphatic rings. The van der Waals surface area contributed by atoms with Crippen molar-refractivity contribution in [2.45, 2.75) is 0 Å². The molecular formula is C7H8ClNO2. The minimum absolute atomic E-state index is 0.688. The molecule has 0 unspecified atom stereocenters. The van der Waals surface area contributed by atoms with Crippen molar-refractivity contribution in [2.24, 2.45) is 0 Å². The standard InChI is InChI=1S/C7H8ClNO2/c1-10-11-9-7-4-2-6(8)3-5-7/h2-5,9H,1H3. The van der Waals surface area contributed by atoms with Crippen LogP contribution in [0.2, 0.25) is 5.02 Å². The summed E-state index contributed by atoms with van der Waals surface area (Å²) in [6, 6.07) is 7.06. The van der Waals surface area contributed by atoms with Gasteiger partial charge in [-0.05, 0) is 24.3 Å². The van der Waals surface area contributed by atoms with Crippen molar-refractivity contribution in [3.63, 3.8) is 0 Å². The van der Waals surface area contributed by atoms with E-state index in [1.54, 1.807) is 24.3 Å². The number of hydrogen-bond acceptors (Lipinski definition) is 3. The Labute approximate surface area is 69.8 Å². The van der Waals surface area contributed by atoms with Crippen LogP contribution >= 0.6 is 11.6 Å². The van der Waals surface area contributed by atoms with E-state index in [9.17, 15) is 0 Å². The molecule has 60 valence electrons. The SMILES string of the molecule is COONc1ccc(Cl)cc1. The lowest BCUT2D eigenvalue weighted by molar-refractivity contribution is -0.248. The van der Waals surface area contributed by atoms with Gasteiger partial charge in [-0.2, -0.15) is 0 Å². The number of halogens is 1. The number of benzene rings is 1. The lowest BCUT2D eigenvalue weighted by atomic mass is 10.3. The maximum absolute atomic E-state index is 5.65. The molecule has 0 saturated heterocycles. The summed E-state index contributed by atoms with van der Waals surface area (Å²) in [7, 11) is 1.42. The van der Waals surface area contributed by atoms with E-state index in [1.807, 2.05) is 0 Å². The fraction of sp³-hybridized carbons (Fsp3) is 0.143. The molecule has 0 amide bonds. The van der Waals surface area contributed by atoms with Gasteiger partial charge in [0, 0.05) is 5.02 Å². The van der Waals surface area contributed by atoms with Gasteiger partial charge in [0.15, 0.2) is 0 Å². The first-order valence-corrected chi connectivity index (χ1v) is 3.42. The largest absolute Gasteiger partial charge is 0.235 e. The van der Waals surface area contributed by atoms with Crippen LogP contribution in [0.15, 0.2) is 24.3 Å². The Kier molecular flexibility index (Phi) is 3.16. The van der Waals surface area contributed by atoms with E-state index in [0.717, 1.165) is 5.69 Å². The summed E-state index contributed by atoms with van der Waals surface area (Å²) in [5, 5.41) is 0.688. The molecular weight excluding hydrogens is 166 g/mol. The molecule has 1 N–H and O–H groups in total. The highest BCUT2D eigenvalue weighted by atomic mass is 35.5. The molecule has 1 aromatic rings. The van der Waals surface area contributed by atoms with Crippen LogP contribution in [-0.4, -0.2) is 7.11 Å². The summed E-state index contributed by atoms with van der Waals surface area (Å²) in [5.41, 5.74) is 3.33. The number of anilines is 1. The van der Waals surface area contributed by atoms with Crippen LogP contribution in [0.25, 0.3) is 0 Å². The van der Waals surface area contributed by atoms with Crippen molar-refractivity contribution in [3.8, 4) is 0 Å². The van der Waals surface area contributed by atoms with Gasteiger partial charge in [0.2, 0.25) is 0 Å². The van der Waals surface area contributed by atoms with E-state index in [-0.39, 0.29) is 0 Å². The molecule has 1 aromatic carbocycles. The van der Waals surface area contributed by atoms with Crippen molar-refractivity contribution in [1.29, 1.82) is 0 Å². The molecule has 0 aromatic heterocycles. The Hall–Kier alpha value is -0.770. The fourth-order valence-corrected chi connectivity index (χ4v) is 0.734. The van der Waals surface area contributed by atoms with E-state index < -0.39 is 0 Å². The van der Waals surface area contributed by atoms with Gasteiger partial charge >= 0.3 is 0 Å². The Morgan fingerprint density at radius 3 is 2.45 bits per heavy atom. The van der Waals surface area contributed by atoms with Crippen molar-refractivity contribution in [3.05, 3.63) is 29.3 Å². The molecule has 0 heterocycles. The van der Waals surface area contributed by atoms with Gasteiger partial charge in [0.25, 0.3) is 0 Å². The van der Waals surface area contributed by atoms with Crippen LogP contribution in [0.1, 0.15) is 0 Å². The molecule has 0 aliphatic heterocycles. The van der Waals surface area contributed by atoms with Crippen LogP contribution in [0.5, 0.6) is 0 Å². The second kappa shape index (κ2) is 4.18. The molecule has 0 spiro atoms. The molecule has 0 bridgehead atoms. The van der Waals surface area contributed by atoms with Crippen molar-refractivity contribution < 1.29 is 9.88 Å². The Morgan fingerprint density at radius 1 is 1.27 bits per heavy atom. The summed E-state index contributed by atoms with van der Waals surface area (Å²) in [4.78, 5) is 8.80. The third-order valence-corrected chi connectivity index (χ3v) is 1.34. The van der Waals surface area contributed by atoms with Crippen LogP contribution in [0, 0.1) is 0 Å². The topological polar surface area (TPSA) is 30.5 Å². The minimum Gasteiger partial charge on any atom is -0.235 e. The summed E-state index contributed by atoms with van der Waals surface area (Å²) < 4.78 is 0. The van der Waals surface area contributed by atoms with Gasteiger partial charge in [0.1, 0.15) is 0 Å². The first-order valence-electron chi connectivity index (χ1n) is 3.04. The average Bonchev–Trinajstić information content (AvgIpc) is 2.04. The fourth-order valence-electron chi connectivity index (χ4n) is 0.608. The highest BCUT2D eigenvalue weighted by molar-refractivity contribution is 6.30. The zero-order valence-corrected chi connectivity index (χ0v) is 6.76. The zero-order valence-electron chi connectivity index (χ0n) is 6.00. The number of nitrogens with one attached hydrogen (secondary N) is 1. The van der Waals surface area contributed by atoms with E-state index in [0.29, 0.717) is 5.02 Å². The zero-order chi connectivity index (χ0) is 8.10. The molecule has 0 radical (unpaired) electrons. The first-order chi connectivity index (χ1) is 5.33. The minimum atomic E-state index is 0.688.